The molecule has 4 rings (SSSR count). The van der Waals surface area contributed by atoms with Gasteiger partial charge in [0.1, 0.15) is 22.4 Å². The Labute approximate surface area is 246 Å². The van der Waals surface area contributed by atoms with Gasteiger partial charge in [0.25, 0.3) is 0 Å². The summed E-state index contributed by atoms with van der Waals surface area (Å²) in [6.07, 6.45) is 2.96. The average Bonchev–Trinajstić information content (AvgIpc) is 3.38. The largest absolute Gasteiger partial charge is 0.477 e. The molecule has 1 aromatic carbocycles. The van der Waals surface area contributed by atoms with Gasteiger partial charge >= 0.3 is 7.82 Å². The molecule has 3 heterocycles. The van der Waals surface area contributed by atoms with Crippen LogP contribution in [-0.2, 0) is 36.1 Å². The number of amides is 1. The number of phosphoric acid groups is 1. The molecule has 0 bridgehead atoms. The molecule has 1 atom stereocenters. The van der Waals surface area contributed by atoms with Crippen molar-refractivity contribution in [2.24, 2.45) is 5.92 Å². The molecule has 0 saturated carbocycles. The van der Waals surface area contributed by atoms with Crippen LogP contribution >= 0.6 is 19.4 Å². The number of carbonyl (C=O) groups excluding carboxylic acids is 1. The third-order valence-corrected chi connectivity index (χ3v) is 8.28. The summed E-state index contributed by atoms with van der Waals surface area (Å²) in [5.41, 5.74) is -1.41. The van der Waals surface area contributed by atoms with Crippen molar-refractivity contribution in [3.05, 3.63) is 58.6 Å². The lowest BCUT2D eigenvalue weighted by molar-refractivity contribution is -0.120. The molecule has 0 aliphatic carbocycles. The molecule has 1 aliphatic heterocycles. The van der Waals surface area contributed by atoms with Gasteiger partial charge in [0.15, 0.2) is 18.4 Å². The van der Waals surface area contributed by atoms with Gasteiger partial charge in [-0.15, -0.1) is 5.10 Å². The first-order valence-corrected chi connectivity index (χ1v) is 14.9. The van der Waals surface area contributed by atoms with Crippen molar-refractivity contribution in [2.75, 3.05) is 11.4 Å². The fourth-order valence-corrected chi connectivity index (χ4v) is 6.26. The van der Waals surface area contributed by atoms with Crippen LogP contribution in [0.15, 0.2) is 30.6 Å². The normalized spacial score (nSPS) is 16.5. The summed E-state index contributed by atoms with van der Waals surface area (Å²) in [6, 6.07) is 3.63. The van der Waals surface area contributed by atoms with Gasteiger partial charge in [-0.3, -0.25) is 23.3 Å². The van der Waals surface area contributed by atoms with Crippen molar-refractivity contribution in [2.45, 2.75) is 72.3 Å². The first kappa shape index (κ1) is 32.1. The van der Waals surface area contributed by atoms with Crippen LogP contribution < -0.4 is 4.90 Å². The number of nitrogens with zero attached hydrogens (tertiary/aromatic N) is 5. The van der Waals surface area contributed by atoms with Crippen LogP contribution in [0.1, 0.15) is 53.5 Å². The van der Waals surface area contributed by atoms with Crippen molar-refractivity contribution in [1.29, 1.82) is 0 Å². The van der Waals surface area contributed by atoms with Crippen molar-refractivity contribution in [3.8, 4) is 11.3 Å². The summed E-state index contributed by atoms with van der Waals surface area (Å²) in [5.74, 6) is -4.18. The Morgan fingerprint density at radius 1 is 1.05 bits per heavy atom. The second-order valence-electron chi connectivity index (χ2n) is 11.8. The number of hydrogen-bond acceptors (Lipinski definition) is 8. The van der Waals surface area contributed by atoms with Gasteiger partial charge < -0.3 is 0 Å². The van der Waals surface area contributed by atoms with Crippen LogP contribution in [0.5, 0.6) is 0 Å². The minimum atomic E-state index is -4.21. The van der Waals surface area contributed by atoms with E-state index in [1.54, 1.807) is 41.5 Å². The molecule has 42 heavy (non-hydrogen) atoms. The van der Waals surface area contributed by atoms with Crippen LogP contribution in [0, 0.1) is 23.4 Å². The van der Waals surface area contributed by atoms with Crippen molar-refractivity contribution in [3.63, 3.8) is 0 Å². The second kappa shape index (κ2) is 12.0. The smallest absolute Gasteiger partial charge is 0.293 e. The van der Waals surface area contributed by atoms with Crippen LogP contribution in [0.4, 0.5) is 19.0 Å². The molecule has 0 spiro atoms. The molecule has 0 radical (unpaired) electrons. The van der Waals surface area contributed by atoms with Crippen molar-refractivity contribution < 1.29 is 36.1 Å². The molecule has 0 N–H and O–H groups in total. The van der Waals surface area contributed by atoms with E-state index in [1.807, 2.05) is 0 Å². The minimum absolute atomic E-state index is 0.0182. The van der Waals surface area contributed by atoms with E-state index >= 15 is 4.39 Å². The van der Waals surface area contributed by atoms with E-state index in [2.05, 4.69) is 15.3 Å². The molecule has 1 saturated heterocycles. The number of rotatable bonds is 9. The molecule has 228 valence electrons. The van der Waals surface area contributed by atoms with E-state index in [9.17, 15) is 18.1 Å². The van der Waals surface area contributed by atoms with E-state index in [1.165, 1.54) is 18.5 Å². The Hall–Kier alpha value is -2.83. The molecular weight excluding hydrogens is 598 g/mol. The Morgan fingerprint density at radius 2 is 1.67 bits per heavy atom. The predicted molar refractivity (Wildman–Crippen MR) is 149 cm³/mol. The van der Waals surface area contributed by atoms with E-state index in [0.29, 0.717) is 0 Å². The number of phosphoric ester groups is 1. The molecule has 1 aliphatic rings. The first-order chi connectivity index (χ1) is 19.5. The summed E-state index contributed by atoms with van der Waals surface area (Å²) in [7, 11) is -4.21. The topological polar surface area (TPSA) is 109 Å². The van der Waals surface area contributed by atoms with Gasteiger partial charge in [0.05, 0.1) is 23.6 Å². The summed E-state index contributed by atoms with van der Waals surface area (Å²) >= 11 is 5.57. The number of aromatic nitrogens is 4. The number of benzene rings is 1. The monoisotopic (exact) mass is 629 g/mol. The molecular formula is C27H32ClF3N5O5P. The molecule has 15 heteroatoms. The quantitative estimate of drug-likeness (QED) is 0.190. The Morgan fingerprint density at radius 3 is 2.21 bits per heavy atom. The van der Waals surface area contributed by atoms with Crippen LogP contribution in [0.3, 0.4) is 0 Å². The Bertz CT molecular complexity index is 1470. The first-order valence-electron chi connectivity index (χ1n) is 13.1. The summed E-state index contributed by atoms with van der Waals surface area (Å²) < 4.78 is 75.6. The van der Waals surface area contributed by atoms with Gasteiger partial charge in [-0.25, -0.2) is 22.4 Å². The van der Waals surface area contributed by atoms with Crippen molar-refractivity contribution in [1.82, 2.24) is 20.0 Å². The van der Waals surface area contributed by atoms with Gasteiger partial charge in [-0.1, -0.05) is 11.6 Å². The number of anilines is 1. The minimum Gasteiger partial charge on any atom is -0.293 e. The fraction of sp³-hybridized carbons (Fsp3) is 0.481. The molecule has 1 fully saturated rings. The van der Waals surface area contributed by atoms with Crippen LogP contribution in [0.25, 0.3) is 11.3 Å². The second-order valence-corrected chi connectivity index (χ2v) is 13.7. The standard InChI is InChI=1S/C27H32ClF3N5O5P/c1-26(2,3)40-42(38,41-27(4,5)6)39-15-36-23(18-7-9-32-33-14-18)22(31)24(34-36)35-10-8-17(25(35)37)11-16-12-19(29)21(28)20(30)13-16/h7,9,12-14,17H,8,10-11,15H2,1-6H3. The lowest BCUT2D eigenvalue weighted by atomic mass is 9.98. The summed E-state index contributed by atoms with van der Waals surface area (Å²) in [6.45, 7) is 9.60. The maximum Gasteiger partial charge on any atom is 0.477 e. The zero-order valence-corrected chi connectivity index (χ0v) is 25.7. The number of halogens is 4. The highest BCUT2D eigenvalue weighted by molar-refractivity contribution is 7.48. The van der Waals surface area contributed by atoms with Crippen molar-refractivity contribution >= 4 is 31.1 Å². The molecule has 2 aromatic heterocycles. The highest BCUT2D eigenvalue weighted by Gasteiger charge is 2.40. The van der Waals surface area contributed by atoms with Crippen LogP contribution in [-0.4, -0.2) is 43.6 Å². The lowest BCUT2D eigenvalue weighted by Gasteiger charge is -2.30. The number of carbonyl (C=O) groups is 1. The molecule has 1 unspecified atom stereocenters. The van der Waals surface area contributed by atoms with Gasteiger partial charge in [0.2, 0.25) is 5.91 Å². The molecule has 3 aromatic rings. The number of hydrogen-bond donors (Lipinski definition) is 0. The Kier molecular flexibility index (Phi) is 9.20. The predicted octanol–water partition coefficient (Wildman–Crippen LogP) is 6.72. The van der Waals surface area contributed by atoms with E-state index in [-0.39, 0.29) is 42.0 Å². The average molecular weight is 630 g/mol. The van der Waals surface area contributed by atoms with Gasteiger partial charge in [-0.2, -0.15) is 10.2 Å². The van der Waals surface area contributed by atoms with Gasteiger partial charge in [0, 0.05) is 18.0 Å². The summed E-state index contributed by atoms with van der Waals surface area (Å²) in [5, 5.41) is 11.2. The third-order valence-electron chi connectivity index (χ3n) is 5.94. The molecule has 1 amide bonds. The maximum atomic E-state index is 16.0. The zero-order valence-electron chi connectivity index (χ0n) is 24.0. The maximum absolute atomic E-state index is 16.0. The highest BCUT2D eigenvalue weighted by Crippen LogP contribution is 2.55. The van der Waals surface area contributed by atoms with E-state index in [0.717, 1.165) is 21.7 Å². The van der Waals surface area contributed by atoms with Gasteiger partial charge in [-0.05, 0) is 78.1 Å². The SMILES string of the molecule is CC(C)(C)OP(=O)(OCn1nc(N2CCC(Cc3cc(F)c(Cl)c(F)c3)C2=O)c(F)c1-c1ccnnc1)OC(C)(C)C. The van der Waals surface area contributed by atoms with Crippen LogP contribution in [0.2, 0.25) is 5.02 Å². The Balaban J connectivity index is 1.65. The lowest BCUT2D eigenvalue weighted by Crippen LogP contribution is -2.29. The zero-order chi connectivity index (χ0) is 31.0. The fourth-order valence-electron chi connectivity index (χ4n) is 4.42. The van der Waals surface area contributed by atoms with E-state index in [4.69, 9.17) is 25.2 Å². The summed E-state index contributed by atoms with van der Waals surface area (Å²) in [4.78, 5) is 14.5. The third kappa shape index (κ3) is 7.57. The van der Waals surface area contributed by atoms with E-state index < -0.39 is 60.1 Å². The highest BCUT2D eigenvalue weighted by atomic mass is 35.5. The molecule has 10 nitrogen and oxygen atoms in total.